The van der Waals surface area contributed by atoms with Crippen LogP contribution >= 0.6 is 0 Å². The van der Waals surface area contributed by atoms with Gasteiger partial charge >= 0.3 is 0 Å². The summed E-state index contributed by atoms with van der Waals surface area (Å²) in [5.41, 5.74) is 0. The Labute approximate surface area is 142 Å². The van der Waals surface area contributed by atoms with Gasteiger partial charge in [0.2, 0.25) is 5.89 Å². The second-order valence-corrected chi connectivity index (χ2v) is 6.66. The van der Waals surface area contributed by atoms with Gasteiger partial charge in [-0.2, -0.15) is 4.98 Å². The monoisotopic (exact) mass is 333 g/mol. The molecule has 0 spiro atoms. The van der Waals surface area contributed by atoms with Gasteiger partial charge in [-0.1, -0.05) is 18.5 Å². The van der Waals surface area contributed by atoms with Crippen molar-refractivity contribution in [2.45, 2.75) is 51.7 Å². The zero-order valence-electron chi connectivity index (χ0n) is 14.6. The molecular formula is C17H27N5O2. The van der Waals surface area contributed by atoms with Gasteiger partial charge in [0.15, 0.2) is 5.82 Å². The summed E-state index contributed by atoms with van der Waals surface area (Å²) >= 11 is 0. The summed E-state index contributed by atoms with van der Waals surface area (Å²) in [6, 6.07) is 0. The van der Waals surface area contributed by atoms with Gasteiger partial charge in [-0.25, -0.2) is 4.98 Å². The zero-order chi connectivity index (χ0) is 16.9. The molecule has 7 nitrogen and oxygen atoms in total. The Hall–Kier alpha value is -1.73. The molecule has 1 saturated heterocycles. The largest absolute Gasteiger partial charge is 0.385 e. The predicted octanol–water partition coefficient (Wildman–Crippen LogP) is 2.09. The lowest BCUT2D eigenvalue weighted by molar-refractivity contribution is 0.0484. The fourth-order valence-electron chi connectivity index (χ4n) is 3.28. The summed E-state index contributed by atoms with van der Waals surface area (Å²) in [6.45, 7) is 4.75. The molecule has 1 fully saturated rings. The molecule has 2 aromatic rings. The Morgan fingerprint density at radius 3 is 2.83 bits per heavy atom. The van der Waals surface area contributed by atoms with Crippen molar-refractivity contribution >= 4 is 0 Å². The van der Waals surface area contributed by atoms with Crippen LogP contribution in [-0.2, 0) is 20.0 Å². The molecule has 2 aromatic heterocycles. The van der Waals surface area contributed by atoms with Gasteiger partial charge in [0, 0.05) is 25.9 Å². The van der Waals surface area contributed by atoms with E-state index in [4.69, 9.17) is 4.52 Å². The van der Waals surface area contributed by atoms with Crippen LogP contribution in [0, 0.1) is 5.92 Å². The third kappa shape index (κ3) is 4.02. The van der Waals surface area contributed by atoms with Gasteiger partial charge in [-0.3, -0.25) is 4.90 Å². The molecule has 1 aliphatic heterocycles. The van der Waals surface area contributed by atoms with Crippen LogP contribution in [0.5, 0.6) is 0 Å². The molecule has 0 aliphatic carbocycles. The van der Waals surface area contributed by atoms with Crippen molar-refractivity contribution < 1.29 is 9.63 Å². The highest BCUT2D eigenvalue weighted by molar-refractivity contribution is 4.99. The highest BCUT2D eigenvalue weighted by atomic mass is 16.5. The van der Waals surface area contributed by atoms with Crippen molar-refractivity contribution in [3.63, 3.8) is 0 Å². The smallest absolute Gasteiger partial charge is 0.226 e. The van der Waals surface area contributed by atoms with Crippen LogP contribution in [0.15, 0.2) is 16.9 Å². The number of aliphatic hydroxyl groups is 1. The maximum atomic E-state index is 10.5. The summed E-state index contributed by atoms with van der Waals surface area (Å²) in [5, 5.41) is 14.6. The van der Waals surface area contributed by atoms with Gasteiger partial charge in [-0.05, 0) is 38.3 Å². The van der Waals surface area contributed by atoms with Gasteiger partial charge < -0.3 is 14.2 Å². The van der Waals surface area contributed by atoms with Crippen LogP contribution in [0.4, 0.5) is 0 Å². The van der Waals surface area contributed by atoms with E-state index < -0.39 is 6.10 Å². The van der Waals surface area contributed by atoms with Gasteiger partial charge in [0.25, 0.3) is 0 Å². The Kier molecular flexibility index (Phi) is 5.63. The molecule has 0 radical (unpaired) electrons. The molecule has 0 bridgehead atoms. The number of unbranched alkanes of at least 4 members (excludes halogenated alkanes) is 1. The predicted molar refractivity (Wildman–Crippen MR) is 89.1 cm³/mol. The van der Waals surface area contributed by atoms with E-state index in [0.717, 1.165) is 69.3 Å². The third-order valence-electron chi connectivity index (χ3n) is 4.82. The second-order valence-electron chi connectivity index (χ2n) is 6.66. The molecular weight excluding hydrogens is 306 g/mol. The number of imidazole rings is 1. The van der Waals surface area contributed by atoms with Crippen molar-refractivity contribution in [2.24, 2.45) is 13.0 Å². The number of aromatic nitrogens is 4. The van der Waals surface area contributed by atoms with Gasteiger partial charge in [0.1, 0.15) is 11.9 Å². The Balaban J connectivity index is 1.48. The summed E-state index contributed by atoms with van der Waals surface area (Å²) in [4.78, 5) is 11.1. The molecule has 0 saturated carbocycles. The van der Waals surface area contributed by atoms with Gasteiger partial charge in [0.05, 0.1) is 6.54 Å². The minimum atomic E-state index is -0.488. The molecule has 24 heavy (non-hydrogen) atoms. The minimum absolute atomic E-state index is 0.257. The molecule has 0 aromatic carbocycles. The van der Waals surface area contributed by atoms with Crippen molar-refractivity contribution in [3.05, 3.63) is 29.9 Å². The van der Waals surface area contributed by atoms with E-state index in [2.05, 4.69) is 26.9 Å². The normalized spacial score (nSPS) is 18.1. The number of piperidine rings is 1. The van der Waals surface area contributed by atoms with E-state index in [1.807, 2.05) is 17.8 Å². The zero-order valence-corrected chi connectivity index (χ0v) is 14.6. The highest BCUT2D eigenvalue weighted by Crippen LogP contribution is 2.30. The number of hydrogen-bond donors (Lipinski definition) is 1. The fraction of sp³-hybridized carbons (Fsp3) is 0.706. The van der Waals surface area contributed by atoms with E-state index in [1.165, 1.54) is 0 Å². The van der Waals surface area contributed by atoms with Gasteiger partial charge in [-0.15, -0.1) is 0 Å². The molecule has 7 heteroatoms. The van der Waals surface area contributed by atoms with Crippen molar-refractivity contribution in [3.8, 4) is 0 Å². The van der Waals surface area contributed by atoms with Crippen LogP contribution in [0.25, 0.3) is 0 Å². The molecule has 0 amide bonds. The number of likely N-dealkylation sites (tertiary alicyclic amines) is 1. The fourth-order valence-corrected chi connectivity index (χ4v) is 3.28. The van der Waals surface area contributed by atoms with Crippen LogP contribution in [-0.4, -0.2) is 42.8 Å². The SMILES string of the molecule is CCCCc1nc(CN2CCC(C(O)c3nccn3C)CC2)no1. The first-order valence-corrected chi connectivity index (χ1v) is 8.86. The van der Waals surface area contributed by atoms with Crippen LogP contribution < -0.4 is 0 Å². The van der Waals surface area contributed by atoms with E-state index in [1.54, 1.807) is 6.20 Å². The van der Waals surface area contributed by atoms with E-state index in [0.29, 0.717) is 0 Å². The molecule has 1 N–H and O–H groups in total. The van der Waals surface area contributed by atoms with E-state index >= 15 is 0 Å². The minimum Gasteiger partial charge on any atom is -0.385 e. The standard InChI is InChI=1S/C17H27N5O2/c1-3-4-5-15-19-14(20-24-15)12-22-9-6-13(7-10-22)16(23)17-18-8-11-21(17)2/h8,11,13,16,23H,3-7,9-10,12H2,1-2H3. The Morgan fingerprint density at radius 1 is 1.38 bits per heavy atom. The quantitative estimate of drug-likeness (QED) is 0.836. The lowest BCUT2D eigenvalue weighted by Gasteiger charge is -2.33. The average Bonchev–Trinajstić information content (AvgIpc) is 3.22. The van der Waals surface area contributed by atoms with Crippen LogP contribution in [0.3, 0.4) is 0 Å². The molecule has 3 rings (SSSR count). The van der Waals surface area contributed by atoms with Crippen LogP contribution in [0.2, 0.25) is 0 Å². The number of aryl methyl sites for hydroxylation is 2. The molecule has 1 unspecified atom stereocenters. The maximum absolute atomic E-state index is 10.5. The maximum Gasteiger partial charge on any atom is 0.226 e. The highest BCUT2D eigenvalue weighted by Gasteiger charge is 2.28. The Morgan fingerprint density at radius 2 is 2.17 bits per heavy atom. The first-order chi connectivity index (χ1) is 11.7. The lowest BCUT2D eigenvalue weighted by Crippen LogP contribution is -2.35. The summed E-state index contributed by atoms with van der Waals surface area (Å²) in [7, 11) is 1.92. The van der Waals surface area contributed by atoms with Crippen LogP contribution in [0.1, 0.15) is 56.3 Å². The second kappa shape index (κ2) is 7.90. The molecule has 1 aliphatic rings. The summed E-state index contributed by atoms with van der Waals surface area (Å²) < 4.78 is 7.19. The number of hydrogen-bond acceptors (Lipinski definition) is 6. The molecule has 3 heterocycles. The first-order valence-electron chi connectivity index (χ1n) is 8.86. The van der Waals surface area contributed by atoms with Crippen molar-refractivity contribution in [2.75, 3.05) is 13.1 Å². The summed E-state index contributed by atoms with van der Waals surface area (Å²) in [5.74, 6) is 2.52. The van der Waals surface area contributed by atoms with E-state index in [-0.39, 0.29) is 5.92 Å². The van der Waals surface area contributed by atoms with Crippen molar-refractivity contribution in [1.29, 1.82) is 0 Å². The number of nitrogens with zero attached hydrogens (tertiary/aromatic N) is 5. The Bertz CT molecular complexity index is 630. The average molecular weight is 333 g/mol. The van der Waals surface area contributed by atoms with E-state index in [9.17, 15) is 5.11 Å². The summed E-state index contributed by atoms with van der Waals surface area (Å²) in [6.07, 6.45) is 8.10. The molecule has 132 valence electrons. The number of rotatable bonds is 7. The topological polar surface area (TPSA) is 80.2 Å². The van der Waals surface area contributed by atoms with Crippen molar-refractivity contribution in [1.82, 2.24) is 24.6 Å². The lowest BCUT2D eigenvalue weighted by atomic mass is 9.90. The first kappa shape index (κ1) is 17.1. The number of aliphatic hydroxyl groups excluding tert-OH is 1. The molecule has 1 atom stereocenters. The third-order valence-corrected chi connectivity index (χ3v) is 4.82.